The molecule has 0 bridgehead atoms. The van der Waals surface area contributed by atoms with Crippen LogP contribution in [0.1, 0.15) is 43.4 Å². The second-order valence-corrected chi connectivity index (χ2v) is 5.24. The molecule has 0 radical (unpaired) electrons. The summed E-state index contributed by atoms with van der Waals surface area (Å²) in [5, 5.41) is 15.7. The zero-order valence-corrected chi connectivity index (χ0v) is 11.2. The second kappa shape index (κ2) is 5.03. The quantitative estimate of drug-likeness (QED) is 0.872. The van der Waals surface area contributed by atoms with E-state index in [0.29, 0.717) is 24.4 Å². The third kappa shape index (κ3) is 2.62. The first-order valence-corrected chi connectivity index (χ1v) is 6.41. The highest BCUT2D eigenvalue weighted by molar-refractivity contribution is 5.93. The summed E-state index contributed by atoms with van der Waals surface area (Å²) in [5.41, 5.74) is 0.570. The van der Waals surface area contributed by atoms with Crippen LogP contribution in [-0.4, -0.2) is 22.1 Å². The number of carbonyl (C=O) groups is 2. The molecule has 1 heterocycles. The average molecular weight is 266 g/mol. The minimum absolute atomic E-state index is 0.0124. The number of nitrogens with one attached hydrogen (secondary N) is 1. The van der Waals surface area contributed by atoms with Gasteiger partial charge in [-0.1, -0.05) is 18.0 Å². The van der Waals surface area contributed by atoms with Crippen LogP contribution in [0.25, 0.3) is 0 Å². The van der Waals surface area contributed by atoms with Crippen molar-refractivity contribution in [3.8, 4) is 0 Å². The Morgan fingerprint density at radius 3 is 2.47 bits per heavy atom. The fourth-order valence-electron chi connectivity index (χ4n) is 2.53. The fourth-order valence-corrected chi connectivity index (χ4v) is 2.53. The largest absolute Gasteiger partial charge is 0.481 e. The Hall–Kier alpha value is -1.85. The van der Waals surface area contributed by atoms with Crippen molar-refractivity contribution in [1.82, 2.24) is 5.16 Å². The fraction of sp³-hybridized carbons (Fsp3) is 0.615. The molecular formula is C13H18N2O4. The number of aryl methyl sites for hydroxylation is 1. The highest BCUT2D eigenvalue weighted by Gasteiger charge is 2.43. The standard InChI is InChI=1S/C13H18N2O4/c1-8-9(2)15-19-11(8)14-10(16)7-13(12(17)18)5-3-4-6-13/h3-7H2,1-2H3,(H,14,16)(H,17,18). The Morgan fingerprint density at radius 2 is 2.00 bits per heavy atom. The number of anilines is 1. The summed E-state index contributed by atoms with van der Waals surface area (Å²) in [4.78, 5) is 23.3. The Labute approximate surface area is 111 Å². The third-order valence-electron chi connectivity index (χ3n) is 3.92. The summed E-state index contributed by atoms with van der Waals surface area (Å²) in [6.07, 6.45) is 2.83. The number of carbonyl (C=O) groups excluding carboxylic acids is 1. The minimum atomic E-state index is -0.910. The Morgan fingerprint density at radius 1 is 1.37 bits per heavy atom. The Kier molecular flexibility index (Phi) is 3.59. The van der Waals surface area contributed by atoms with Crippen LogP contribution in [0.5, 0.6) is 0 Å². The van der Waals surface area contributed by atoms with Gasteiger partial charge < -0.3 is 9.63 Å². The van der Waals surface area contributed by atoms with E-state index < -0.39 is 11.4 Å². The maximum Gasteiger partial charge on any atom is 0.310 e. The van der Waals surface area contributed by atoms with Gasteiger partial charge in [0.05, 0.1) is 11.1 Å². The van der Waals surface area contributed by atoms with E-state index in [1.54, 1.807) is 13.8 Å². The number of rotatable bonds is 4. The first-order chi connectivity index (χ1) is 8.94. The maximum atomic E-state index is 12.0. The molecule has 2 N–H and O–H groups in total. The van der Waals surface area contributed by atoms with Gasteiger partial charge in [0, 0.05) is 12.0 Å². The van der Waals surface area contributed by atoms with Gasteiger partial charge in [-0.2, -0.15) is 0 Å². The predicted molar refractivity (Wildman–Crippen MR) is 67.8 cm³/mol. The first kappa shape index (κ1) is 13.6. The van der Waals surface area contributed by atoms with Crippen molar-refractivity contribution in [3.63, 3.8) is 0 Å². The Bertz CT molecular complexity index is 501. The number of carboxylic acid groups (broad SMARTS) is 1. The van der Waals surface area contributed by atoms with Crippen molar-refractivity contribution in [3.05, 3.63) is 11.3 Å². The average Bonchev–Trinajstić information content (AvgIpc) is 2.92. The third-order valence-corrected chi connectivity index (χ3v) is 3.92. The molecule has 104 valence electrons. The summed E-state index contributed by atoms with van der Waals surface area (Å²) >= 11 is 0. The molecule has 0 atom stereocenters. The molecule has 0 aliphatic heterocycles. The summed E-state index contributed by atoms with van der Waals surface area (Å²) in [6.45, 7) is 3.58. The lowest BCUT2D eigenvalue weighted by Gasteiger charge is -2.22. The second-order valence-electron chi connectivity index (χ2n) is 5.24. The monoisotopic (exact) mass is 266 g/mol. The predicted octanol–water partition coefficient (Wildman–Crippen LogP) is 2.27. The van der Waals surface area contributed by atoms with Gasteiger partial charge >= 0.3 is 5.97 Å². The molecule has 1 aliphatic carbocycles. The Balaban J connectivity index is 2.05. The molecule has 6 nitrogen and oxygen atoms in total. The number of amides is 1. The van der Waals surface area contributed by atoms with Gasteiger partial charge in [0.1, 0.15) is 0 Å². The molecule has 1 aromatic heterocycles. The smallest absolute Gasteiger partial charge is 0.310 e. The van der Waals surface area contributed by atoms with Crippen molar-refractivity contribution in [2.45, 2.75) is 46.0 Å². The lowest BCUT2D eigenvalue weighted by Crippen LogP contribution is -2.32. The lowest BCUT2D eigenvalue weighted by molar-refractivity contribution is -0.150. The first-order valence-electron chi connectivity index (χ1n) is 6.41. The molecule has 1 fully saturated rings. The van der Waals surface area contributed by atoms with Crippen LogP contribution < -0.4 is 5.32 Å². The van der Waals surface area contributed by atoms with E-state index >= 15 is 0 Å². The van der Waals surface area contributed by atoms with Crippen LogP contribution in [0.2, 0.25) is 0 Å². The van der Waals surface area contributed by atoms with Crippen molar-refractivity contribution >= 4 is 17.8 Å². The summed E-state index contributed by atoms with van der Waals surface area (Å²) in [5.74, 6) is -0.907. The van der Waals surface area contributed by atoms with Crippen LogP contribution in [0.4, 0.5) is 5.88 Å². The van der Waals surface area contributed by atoms with Crippen molar-refractivity contribution < 1.29 is 19.2 Å². The normalized spacial score (nSPS) is 17.4. The summed E-state index contributed by atoms with van der Waals surface area (Å²) in [7, 11) is 0. The van der Waals surface area contributed by atoms with Gasteiger partial charge in [0.25, 0.3) is 0 Å². The van der Waals surface area contributed by atoms with Crippen molar-refractivity contribution in [2.75, 3.05) is 5.32 Å². The number of aliphatic carboxylic acids is 1. The molecule has 1 saturated carbocycles. The van der Waals surface area contributed by atoms with Gasteiger partial charge in [0.15, 0.2) is 0 Å². The van der Waals surface area contributed by atoms with Crippen molar-refractivity contribution in [2.24, 2.45) is 5.41 Å². The molecular weight excluding hydrogens is 248 g/mol. The maximum absolute atomic E-state index is 12.0. The van der Waals surface area contributed by atoms with E-state index in [1.165, 1.54) is 0 Å². The molecule has 0 aromatic carbocycles. The summed E-state index contributed by atoms with van der Waals surface area (Å²) < 4.78 is 4.99. The van der Waals surface area contributed by atoms with Crippen LogP contribution in [0, 0.1) is 19.3 Å². The van der Waals surface area contributed by atoms with Gasteiger partial charge in [-0.3, -0.25) is 14.9 Å². The number of nitrogens with zero attached hydrogens (tertiary/aromatic N) is 1. The molecule has 0 unspecified atom stereocenters. The van der Waals surface area contributed by atoms with Crippen LogP contribution >= 0.6 is 0 Å². The molecule has 19 heavy (non-hydrogen) atoms. The molecule has 1 amide bonds. The van der Waals surface area contributed by atoms with Crippen molar-refractivity contribution in [1.29, 1.82) is 0 Å². The molecule has 6 heteroatoms. The van der Waals surface area contributed by atoms with Gasteiger partial charge in [-0.15, -0.1) is 0 Å². The van der Waals surface area contributed by atoms with E-state index in [9.17, 15) is 14.7 Å². The van der Waals surface area contributed by atoms with E-state index in [1.807, 2.05) is 0 Å². The topological polar surface area (TPSA) is 92.4 Å². The molecule has 1 aromatic rings. The van der Waals surface area contributed by atoms with E-state index in [-0.39, 0.29) is 12.3 Å². The number of hydrogen-bond donors (Lipinski definition) is 2. The van der Waals surface area contributed by atoms with Crippen LogP contribution in [0.3, 0.4) is 0 Å². The lowest BCUT2D eigenvalue weighted by atomic mass is 9.82. The highest BCUT2D eigenvalue weighted by atomic mass is 16.5. The molecule has 2 rings (SSSR count). The van der Waals surface area contributed by atoms with Crippen LogP contribution in [-0.2, 0) is 9.59 Å². The minimum Gasteiger partial charge on any atom is -0.481 e. The summed E-state index contributed by atoms with van der Waals surface area (Å²) in [6, 6.07) is 0. The zero-order chi connectivity index (χ0) is 14.0. The van der Waals surface area contributed by atoms with E-state index in [4.69, 9.17) is 4.52 Å². The number of hydrogen-bond acceptors (Lipinski definition) is 4. The van der Waals surface area contributed by atoms with E-state index in [2.05, 4.69) is 10.5 Å². The number of aromatic nitrogens is 1. The van der Waals surface area contributed by atoms with Crippen LogP contribution in [0.15, 0.2) is 4.52 Å². The van der Waals surface area contributed by atoms with Gasteiger partial charge in [-0.25, -0.2) is 0 Å². The van der Waals surface area contributed by atoms with E-state index in [0.717, 1.165) is 18.4 Å². The van der Waals surface area contributed by atoms with Gasteiger partial charge in [-0.05, 0) is 26.7 Å². The molecule has 0 saturated heterocycles. The SMILES string of the molecule is Cc1noc(NC(=O)CC2(C(=O)O)CCCC2)c1C. The highest BCUT2D eigenvalue weighted by Crippen LogP contribution is 2.41. The number of carboxylic acids is 1. The molecule has 1 aliphatic rings. The molecule has 0 spiro atoms. The van der Waals surface area contributed by atoms with Gasteiger partial charge in [0.2, 0.25) is 11.8 Å². The zero-order valence-electron chi connectivity index (χ0n) is 11.2.